The van der Waals surface area contributed by atoms with Crippen LogP contribution in [-0.2, 0) is 5.41 Å². The Morgan fingerprint density at radius 1 is 0.403 bits per heavy atom. The van der Waals surface area contributed by atoms with Gasteiger partial charge in [0.1, 0.15) is 0 Å². The molecular formula is C65H46N2. The van der Waals surface area contributed by atoms with E-state index in [2.05, 4.69) is 191 Å². The maximum absolute atomic E-state index is 8.49. The molecule has 0 radical (unpaired) electrons. The molecule has 0 spiro atoms. The van der Waals surface area contributed by atoms with Crippen LogP contribution in [0.2, 0.25) is 0 Å². The van der Waals surface area contributed by atoms with E-state index in [0.29, 0.717) is 11.1 Å². The minimum absolute atomic E-state index is 0.160. The molecule has 0 amide bonds. The molecule has 67 heavy (non-hydrogen) atoms. The molecule has 11 aromatic rings. The van der Waals surface area contributed by atoms with Crippen molar-refractivity contribution in [3.05, 3.63) is 289 Å². The van der Waals surface area contributed by atoms with Crippen molar-refractivity contribution < 1.29 is 8.22 Å². The van der Waals surface area contributed by atoms with Gasteiger partial charge in [0.05, 0.1) is 24.7 Å². The molecule has 0 atom stereocenters. The molecule has 1 aromatic heterocycles. The summed E-state index contributed by atoms with van der Waals surface area (Å²) in [4.78, 5) is 2.30. The fraction of sp³-hybridized carbons (Fsp3) is 0.0154. The number of hydrogen-bond acceptors (Lipinski definition) is 1. The quantitative estimate of drug-likeness (QED) is 0.133. The Morgan fingerprint density at radius 3 is 1.57 bits per heavy atom. The van der Waals surface area contributed by atoms with Crippen molar-refractivity contribution in [2.45, 2.75) is 5.41 Å². The second-order valence-corrected chi connectivity index (χ2v) is 17.1. The van der Waals surface area contributed by atoms with Crippen molar-refractivity contribution in [2.24, 2.45) is 0 Å². The molecule has 0 unspecified atom stereocenters. The lowest BCUT2D eigenvalue weighted by atomic mass is 9.67. The van der Waals surface area contributed by atoms with Crippen LogP contribution in [0.25, 0.3) is 73.0 Å². The van der Waals surface area contributed by atoms with Crippen LogP contribution in [0.5, 0.6) is 0 Å². The van der Waals surface area contributed by atoms with Crippen LogP contribution >= 0.6 is 0 Å². The second-order valence-electron chi connectivity index (χ2n) is 17.1. The van der Waals surface area contributed by atoms with Crippen LogP contribution in [0.15, 0.2) is 256 Å². The SMILES string of the molecule is [2H]C([2H])=C([2H])c1ccc(C2(c3ccc(C([2H])=C([2H])[2H])cc3)c3ccccc3-c3ccc(N(c4ccc(-c5ccccc5)cc4)c4ccc(-c5ccc6c(c5)c5ccccc5n6-c5ccccc5)cc4)cc32)cc1. The first kappa shape index (κ1) is 33.7. The topological polar surface area (TPSA) is 8.17 Å². The molecule has 10 aromatic carbocycles. The summed E-state index contributed by atoms with van der Waals surface area (Å²) in [6.45, 7) is -1.11. The van der Waals surface area contributed by atoms with E-state index in [0.717, 1.165) is 89.4 Å². The van der Waals surface area contributed by atoms with Gasteiger partial charge in [-0.3, -0.25) is 0 Å². The van der Waals surface area contributed by atoms with Gasteiger partial charge in [0, 0.05) is 33.5 Å². The zero-order valence-corrected chi connectivity index (χ0v) is 36.5. The van der Waals surface area contributed by atoms with E-state index in [4.69, 9.17) is 8.22 Å². The average molecular weight is 861 g/mol. The summed E-state index contributed by atoms with van der Waals surface area (Å²) >= 11 is 0. The first-order chi connectivity index (χ1) is 35.7. The first-order valence-electron chi connectivity index (χ1n) is 25.6. The fourth-order valence-electron chi connectivity index (χ4n) is 10.5. The summed E-state index contributed by atoms with van der Waals surface area (Å²) < 4.78 is 50.9. The number of hydrogen-bond donors (Lipinski definition) is 0. The summed E-state index contributed by atoms with van der Waals surface area (Å²) in [5.41, 5.74) is 16.9. The monoisotopic (exact) mass is 860 g/mol. The molecule has 1 aliphatic carbocycles. The van der Waals surface area contributed by atoms with Gasteiger partial charge in [0.25, 0.3) is 0 Å². The number of fused-ring (bicyclic) bond motifs is 6. The minimum Gasteiger partial charge on any atom is -0.310 e. The van der Waals surface area contributed by atoms with Gasteiger partial charge in [-0.1, -0.05) is 201 Å². The summed E-state index contributed by atoms with van der Waals surface area (Å²) in [5, 5.41) is 2.39. The number of aromatic nitrogens is 1. The lowest BCUT2D eigenvalue weighted by Gasteiger charge is -2.35. The van der Waals surface area contributed by atoms with E-state index < -0.39 is 18.5 Å². The number of benzene rings is 10. The lowest BCUT2D eigenvalue weighted by Crippen LogP contribution is -2.29. The highest BCUT2D eigenvalue weighted by Gasteiger charge is 2.46. The van der Waals surface area contributed by atoms with Gasteiger partial charge >= 0.3 is 0 Å². The number of anilines is 3. The third-order valence-corrected chi connectivity index (χ3v) is 13.6. The van der Waals surface area contributed by atoms with Crippen LogP contribution in [0.3, 0.4) is 0 Å². The van der Waals surface area contributed by atoms with Gasteiger partial charge in [0.2, 0.25) is 0 Å². The van der Waals surface area contributed by atoms with Crippen molar-refractivity contribution in [1.82, 2.24) is 4.57 Å². The van der Waals surface area contributed by atoms with Gasteiger partial charge in [-0.25, -0.2) is 0 Å². The minimum atomic E-state index is -0.901. The summed E-state index contributed by atoms with van der Waals surface area (Å²) in [7, 11) is 0. The van der Waals surface area contributed by atoms with E-state index in [1.807, 2.05) is 60.7 Å². The summed E-state index contributed by atoms with van der Waals surface area (Å²) in [5.74, 6) is 0. The molecule has 1 heterocycles. The van der Waals surface area contributed by atoms with E-state index in [1.165, 1.54) is 10.8 Å². The van der Waals surface area contributed by atoms with Crippen molar-refractivity contribution in [1.29, 1.82) is 0 Å². The first-order valence-corrected chi connectivity index (χ1v) is 22.6. The summed E-state index contributed by atoms with van der Waals surface area (Å²) in [6, 6.07) is 83.8. The Balaban J connectivity index is 1.03. The zero-order valence-electron chi connectivity index (χ0n) is 42.5. The van der Waals surface area contributed by atoms with Crippen molar-refractivity contribution in [3.63, 3.8) is 0 Å². The van der Waals surface area contributed by atoms with E-state index in [9.17, 15) is 0 Å². The van der Waals surface area contributed by atoms with Crippen LogP contribution in [0, 0.1) is 0 Å². The van der Waals surface area contributed by atoms with Gasteiger partial charge < -0.3 is 9.47 Å². The van der Waals surface area contributed by atoms with Crippen molar-refractivity contribution >= 4 is 51.0 Å². The molecule has 12 rings (SSSR count). The Bertz CT molecular complexity index is 3860. The van der Waals surface area contributed by atoms with Gasteiger partial charge in [0.15, 0.2) is 0 Å². The molecule has 316 valence electrons. The third kappa shape index (κ3) is 6.57. The zero-order chi connectivity index (χ0) is 49.8. The molecule has 0 bridgehead atoms. The van der Waals surface area contributed by atoms with Crippen molar-refractivity contribution in [3.8, 4) is 39.1 Å². The molecule has 2 nitrogen and oxygen atoms in total. The van der Waals surface area contributed by atoms with Crippen LogP contribution in [0.1, 0.15) is 41.6 Å². The average Bonchev–Trinajstić information content (AvgIpc) is 3.95. The van der Waals surface area contributed by atoms with E-state index in [-0.39, 0.29) is 12.1 Å². The largest absolute Gasteiger partial charge is 0.310 e. The lowest BCUT2D eigenvalue weighted by molar-refractivity contribution is 0.768. The molecule has 0 saturated heterocycles. The molecular weight excluding hydrogens is 809 g/mol. The van der Waals surface area contributed by atoms with Crippen LogP contribution < -0.4 is 4.90 Å². The predicted octanol–water partition coefficient (Wildman–Crippen LogP) is 17.2. The van der Waals surface area contributed by atoms with E-state index in [1.54, 1.807) is 0 Å². The second kappa shape index (κ2) is 16.4. The van der Waals surface area contributed by atoms with E-state index >= 15 is 0 Å². The highest BCUT2D eigenvalue weighted by Crippen LogP contribution is 2.57. The fourth-order valence-corrected chi connectivity index (χ4v) is 10.5. The maximum atomic E-state index is 8.49. The normalized spacial score (nSPS) is 13.6. The van der Waals surface area contributed by atoms with Gasteiger partial charge in [-0.15, -0.1) is 0 Å². The molecule has 0 fully saturated rings. The van der Waals surface area contributed by atoms with Crippen LogP contribution in [0.4, 0.5) is 17.1 Å². The van der Waals surface area contributed by atoms with Crippen LogP contribution in [-0.4, -0.2) is 4.57 Å². The number of para-hydroxylation sites is 2. The summed E-state index contributed by atoms with van der Waals surface area (Å²) in [6.07, 6.45) is 0. The molecule has 0 N–H and O–H groups in total. The Labute approximate surface area is 400 Å². The molecule has 1 aliphatic rings. The Kier molecular flexibility index (Phi) is 8.24. The van der Waals surface area contributed by atoms with Crippen molar-refractivity contribution in [2.75, 3.05) is 4.90 Å². The predicted molar refractivity (Wildman–Crippen MR) is 284 cm³/mol. The highest BCUT2D eigenvalue weighted by molar-refractivity contribution is 6.10. The highest BCUT2D eigenvalue weighted by atomic mass is 15.1. The Hall–Kier alpha value is -8.72. The number of rotatable bonds is 10. The third-order valence-electron chi connectivity index (χ3n) is 13.6. The van der Waals surface area contributed by atoms with Gasteiger partial charge in [-0.2, -0.15) is 0 Å². The number of nitrogens with zero attached hydrogens (tertiary/aromatic N) is 2. The maximum Gasteiger partial charge on any atom is 0.0714 e. The molecule has 2 heteroatoms. The molecule has 0 aliphatic heterocycles. The standard InChI is InChI=1S/C65H46N2/c1-3-45-23-32-51(33-24-45)65(52-34-25-46(4-2)26-35-52)61-21-13-11-19-57(61)58-41-40-56(44-62(58)65)66(54-36-27-48(28-37-54)47-15-7-5-8-16-47)55-38-29-49(30-39-55)50-31-42-64-60(43-50)59-20-12-14-22-63(59)67(64)53-17-9-6-10-18-53/h3-44H,1-2H2/i1D2,2D2,3D,4D. The van der Waals surface area contributed by atoms with Gasteiger partial charge in [-0.05, 0) is 133 Å². The Morgan fingerprint density at radius 2 is 0.910 bits per heavy atom. The molecule has 0 saturated carbocycles. The smallest absolute Gasteiger partial charge is 0.0714 e.